The summed E-state index contributed by atoms with van der Waals surface area (Å²) in [7, 11) is -3.82. The van der Waals surface area contributed by atoms with Gasteiger partial charge in [-0.25, -0.2) is 12.7 Å². The highest BCUT2D eigenvalue weighted by Gasteiger charge is 2.37. The molecule has 0 bridgehead atoms. The van der Waals surface area contributed by atoms with E-state index in [1.165, 1.54) is 0 Å². The van der Waals surface area contributed by atoms with Gasteiger partial charge in [-0.05, 0) is 29.9 Å². The van der Waals surface area contributed by atoms with E-state index < -0.39 is 28.4 Å². The Morgan fingerprint density at radius 2 is 1.96 bits per heavy atom. The monoisotopic (exact) mass is 364 g/mol. The molecule has 0 unspecified atom stereocenters. The lowest BCUT2D eigenvalue weighted by Crippen LogP contribution is -2.51. The third-order valence-corrected chi connectivity index (χ3v) is 7.13. The molecule has 1 aliphatic heterocycles. The summed E-state index contributed by atoms with van der Waals surface area (Å²) in [5.41, 5.74) is 0.837. The molecule has 1 aromatic rings. The van der Waals surface area contributed by atoms with Crippen LogP contribution in [0.2, 0.25) is 0 Å². The van der Waals surface area contributed by atoms with Gasteiger partial charge in [-0.1, -0.05) is 44.9 Å². The number of hydrogen-bond acceptors (Lipinski definition) is 4. The van der Waals surface area contributed by atoms with E-state index in [0.717, 1.165) is 19.3 Å². The van der Waals surface area contributed by atoms with E-state index in [-0.39, 0.29) is 11.8 Å². The topological polar surface area (TPSA) is 83.6 Å². The summed E-state index contributed by atoms with van der Waals surface area (Å²) in [6, 6.07) is 6.66. The fourth-order valence-electron chi connectivity index (χ4n) is 3.73. The standard InChI is InChI=1S/C18H24N2O4S/c1-12-6-5-9-16(13(12)2)19-17(21)10-20-18(22)15-8-4-3-7-14(15)11-25(20,23)24/h3-4,7-8,12-13,16H,5-6,9-11H2,1-2H3,(H,19,21)/t12-,13+,16+/m1/s1. The van der Waals surface area contributed by atoms with E-state index in [4.69, 9.17) is 0 Å². The highest BCUT2D eigenvalue weighted by atomic mass is 32.2. The van der Waals surface area contributed by atoms with Gasteiger partial charge in [0.2, 0.25) is 15.9 Å². The molecule has 1 N–H and O–H groups in total. The summed E-state index contributed by atoms with van der Waals surface area (Å²) in [6.07, 6.45) is 3.08. The van der Waals surface area contributed by atoms with Crippen molar-refractivity contribution in [1.82, 2.24) is 9.62 Å². The quantitative estimate of drug-likeness (QED) is 0.888. The molecule has 2 amide bonds. The van der Waals surface area contributed by atoms with Crippen LogP contribution in [0.15, 0.2) is 24.3 Å². The van der Waals surface area contributed by atoms with Gasteiger partial charge in [-0.3, -0.25) is 9.59 Å². The van der Waals surface area contributed by atoms with Crippen molar-refractivity contribution in [3.05, 3.63) is 35.4 Å². The second-order valence-electron chi connectivity index (χ2n) is 7.17. The van der Waals surface area contributed by atoms with Crippen molar-refractivity contribution in [1.29, 1.82) is 0 Å². The Bertz CT molecular complexity index is 790. The first-order valence-corrected chi connectivity index (χ1v) is 10.3. The van der Waals surface area contributed by atoms with E-state index in [0.29, 0.717) is 27.3 Å². The lowest BCUT2D eigenvalue weighted by atomic mass is 9.78. The lowest BCUT2D eigenvalue weighted by Gasteiger charge is -2.35. The van der Waals surface area contributed by atoms with Crippen LogP contribution in [0.5, 0.6) is 0 Å². The van der Waals surface area contributed by atoms with Crippen LogP contribution in [0.25, 0.3) is 0 Å². The first-order chi connectivity index (χ1) is 11.8. The second-order valence-corrected chi connectivity index (χ2v) is 9.06. The normalized spacial score (nSPS) is 28.3. The maximum Gasteiger partial charge on any atom is 0.268 e. The number of carbonyl (C=O) groups is 2. The van der Waals surface area contributed by atoms with Gasteiger partial charge in [-0.2, -0.15) is 0 Å². The maximum atomic E-state index is 12.5. The molecule has 0 aromatic heterocycles. The molecule has 1 heterocycles. The summed E-state index contributed by atoms with van der Waals surface area (Å²) < 4.78 is 25.6. The lowest BCUT2D eigenvalue weighted by molar-refractivity contribution is -0.122. The van der Waals surface area contributed by atoms with Crippen molar-refractivity contribution in [2.45, 2.75) is 44.9 Å². The zero-order chi connectivity index (χ0) is 18.2. The molecule has 3 rings (SSSR count). The minimum atomic E-state index is -3.82. The van der Waals surface area contributed by atoms with Crippen molar-refractivity contribution >= 4 is 21.8 Å². The molecule has 1 aromatic carbocycles. The van der Waals surface area contributed by atoms with Crippen LogP contribution >= 0.6 is 0 Å². The molecular weight excluding hydrogens is 340 g/mol. The number of sulfonamides is 1. The Morgan fingerprint density at radius 1 is 1.24 bits per heavy atom. The van der Waals surface area contributed by atoms with Crippen LogP contribution in [0.3, 0.4) is 0 Å². The summed E-state index contributed by atoms with van der Waals surface area (Å²) in [5, 5.41) is 2.93. The number of hydrogen-bond donors (Lipinski definition) is 1. The summed E-state index contributed by atoms with van der Waals surface area (Å²) in [5.74, 6) is -0.429. The Kier molecular flexibility index (Phi) is 4.86. The molecule has 1 aliphatic carbocycles. The van der Waals surface area contributed by atoms with Crippen LogP contribution in [0.4, 0.5) is 0 Å². The van der Waals surface area contributed by atoms with Gasteiger partial charge in [0, 0.05) is 11.6 Å². The van der Waals surface area contributed by atoms with Gasteiger partial charge in [0.05, 0.1) is 5.75 Å². The van der Waals surface area contributed by atoms with Crippen LogP contribution in [0, 0.1) is 11.8 Å². The van der Waals surface area contributed by atoms with E-state index in [9.17, 15) is 18.0 Å². The summed E-state index contributed by atoms with van der Waals surface area (Å²) >= 11 is 0. The molecular formula is C18H24N2O4S. The minimum Gasteiger partial charge on any atom is -0.352 e. The van der Waals surface area contributed by atoms with Gasteiger partial charge in [0.25, 0.3) is 5.91 Å². The van der Waals surface area contributed by atoms with Crippen LogP contribution in [0.1, 0.15) is 49.0 Å². The Labute approximate surface area is 148 Å². The first kappa shape index (κ1) is 17.9. The van der Waals surface area contributed by atoms with E-state index in [1.54, 1.807) is 24.3 Å². The SMILES string of the molecule is C[C@H]1[C@H](C)CCC[C@@H]1NC(=O)CN1C(=O)c2ccccc2CS1(=O)=O. The Morgan fingerprint density at radius 3 is 2.72 bits per heavy atom. The fourth-order valence-corrected chi connectivity index (χ4v) is 5.19. The van der Waals surface area contributed by atoms with Gasteiger partial charge >= 0.3 is 0 Å². The molecule has 6 nitrogen and oxygen atoms in total. The summed E-state index contributed by atoms with van der Waals surface area (Å²) in [6.45, 7) is 3.82. The molecule has 7 heteroatoms. The predicted molar refractivity (Wildman–Crippen MR) is 94.2 cm³/mol. The highest BCUT2D eigenvalue weighted by molar-refractivity contribution is 7.89. The molecule has 0 spiro atoms. The molecule has 2 aliphatic rings. The predicted octanol–water partition coefficient (Wildman–Crippen LogP) is 1.91. The molecule has 1 fully saturated rings. The van der Waals surface area contributed by atoms with Gasteiger partial charge in [-0.15, -0.1) is 0 Å². The molecule has 25 heavy (non-hydrogen) atoms. The van der Waals surface area contributed by atoms with Crippen molar-refractivity contribution in [2.75, 3.05) is 6.54 Å². The third-order valence-electron chi connectivity index (χ3n) is 5.49. The number of nitrogens with one attached hydrogen (secondary N) is 1. The van der Waals surface area contributed by atoms with Gasteiger partial charge < -0.3 is 5.32 Å². The largest absolute Gasteiger partial charge is 0.352 e. The average molecular weight is 364 g/mol. The minimum absolute atomic E-state index is 0.0335. The molecule has 0 saturated heterocycles. The zero-order valence-corrected chi connectivity index (χ0v) is 15.4. The molecule has 1 saturated carbocycles. The van der Waals surface area contributed by atoms with E-state index in [1.807, 2.05) is 0 Å². The zero-order valence-electron chi connectivity index (χ0n) is 14.6. The van der Waals surface area contributed by atoms with Crippen molar-refractivity contribution < 1.29 is 18.0 Å². The van der Waals surface area contributed by atoms with Gasteiger partial charge in [0.15, 0.2) is 0 Å². The number of nitrogens with zero attached hydrogens (tertiary/aromatic N) is 1. The number of benzene rings is 1. The second kappa shape index (κ2) is 6.78. The average Bonchev–Trinajstić information content (AvgIpc) is 2.55. The Hall–Kier alpha value is -1.89. The fraction of sp³-hybridized carbons (Fsp3) is 0.556. The van der Waals surface area contributed by atoms with Gasteiger partial charge in [0.1, 0.15) is 6.54 Å². The molecule has 136 valence electrons. The maximum absolute atomic E-state index is 12.5. The van der Waals surface area contributed by atoms with Crippen LogP contribution < -0.4 is 5.32 Å². The van der Waals surface area contributed by atoms with Crippen molar-refractivity contribution in [3.63, 3.8) is 0 Å². The smallest absolute Gasteiger partial charge is 0.268 e. The number of amides is 2. The summed E-state index contributed by atoms with van der Waals surface area (Å²) in [4.78, 5) is 25.0. The molecule has 0 radical (unpaired) electrons. The number of fused-ring (bicyclic) bond motifs is 1. The third kappa shape index (κ3) is 3.56. The van der Waals surface area contributed by atoms with Crippen molar-refractivity contribution in [3.8, 4) is 0 Å². The first-order valence-electron chi connectivity index (χ1n) is 8.71. The van der Waals surface area contributed by atoms with E-state index in [2.05, 4.69) is 19.2 Å². The number of rotatable bonds is 3. The van der Waals surface area contributed by atoms with Crippen LogP contribution in [-0.2, 0) is 20.6 Å². The Balaban J connectivity index is 1.73. The highest BCUT2D eigenvalue weighted by Crippen LogP contribution is 2.29. The molecule has 3 atom stereocenters. The van der Waals surface area contributed by atoms with Crippen LogP contribution in [-0.4, -0.2) is 37.1 Å². The number of carbonyl (C=O) groups excluding carboxylic acids is 2. The van der Waals surface area contributed by atoms with Crippen molar-refractivity contribution in [2.24, 2.45) is 11.8 Å². The van der Waals surface area contributed by atoms with E-state index >= 15 is 0 Å².